The van der Waals surface area contributed by atoms with Crippen molar-refractivity contribution in [2.75, 3.05) is 13.1 Å². The Balaban J connectivity index is 1.28. The van der Waals surface area contributed by atoms with E-state index in [1.807, 2.05) is 54.6 Å². The van der Waals surface area contributed by atoms with E-state index >= 15 is 0 Å². The second-order valence-electron chi connectivity index (χ2n) is 12.3. The number of carboxylic acid groups (broad SMARTS) is 1. The lowest BCUT2D eigenvalue weighted by atomic mass is 10.0. The number of rotatable bonds is 15. The Bertz CT molecular complexity index is 1750. The molecule has 258 valence electrons. The fraction of sp³-hybridized carbons (Fsp3) is 0.306. The molecule has 1 aromatic heterocycles. The van der Waals surface area contributed by atoms with Crippen molar-refractivity contribution in [2.45, 2.75) is 57.9 Å². The number of ether oxygens (including phenoxy) is 2. The van der Waals surface area contributed by atoms with Gasteiger partial charge in [-0.3, -0.25) is 14.4 Å². The van der Waals surface area contributed by atoms with Crippen molar-refractivity contribution in [3.8, 4) is 5.75 Å². The fourth-order valence-corrected chi connectivity index (χ4v) is 4.86. The lowest BCUT2D eigenvalue weighted by Gasteiger charge is -2.23. The minimum Gasteiger partial charge on any atom is -0.489 e. The standard InChI is InChI=1S/C36H41N5O8/c1-36(2,3)49-35(47)41-29(17-23-13-15-26(16-14-23)48-22-24-9-5-4-6-10-24)33(44)39-20-31(42)38-21-32(43)40-30(34(45)46)18-25-19-37-28-12-8-7-11-27(25)28/h4-16,19,29-30,37H,17-18,20-22H2,1-3H3,(H,38,42)(H,39,44)(H,40,43)(H,41,47)(H,45,46). The molecule has 0 radical (unpaired) electrons. The van der Waals surface area contributed by atoms with Gasteiger partial charge in [0.2, 0.25) is 17.7 Å². The van der Waals surface area contributed by atoms with E-state index in [-0.39, 0.29) is 12.8 Å². The van der Waals surface area contributed by atoms with Gasteiger partial charge in [-0.2, -0.15) is 0 Å². The molecule has 2 unspecified atom stereocenters. The topological polar surface area (TPSA) is 188 Å². The fourth-order valence-electron chi connectivity index (χ4n) is 4.86. The van der Waals surface area contributed by atoms with Crippen LogP contribution in [-0.4, -0.2) is 70.6 Å². The number of benzene rings is 3. The van der Waals surface area contributed by atoms with Crippen molar-refractivity contribution in [3.05, 3.63) is 102 Å². The number of nitrogens with one attached hydrogen (secondary N) is 5. The maximum absolute atomic E-state index is 13.1. The predicted molar refractivity (Wildman–Crippen MR) is 182 cm³/mol. The quantitative estimate of drug-likeness (QED) is 0.111. The molecular weight excluding hydrogens is 630 g/mol. The minimum absolute atomic E-state index is 0.0323. The predicted octanol–water partition coefficient (Wildman–Crippen LogP) is 3.23. The lowest BCUT2D eigenvalue weighted by molar-refractivity contribution is -0.141. The molecule has 0 bridgehead atoms. The van der Waals surface area contributed by atoms with E-state index < -0.39 is 60.6 Å². The van der Waals surface area contributed by atoms with E-state index in [4.69, 9.17) is 9.47 Å². The summed E-state index contributed by atoms with van der Waals surface area (Å²) < 4.78 is 11.1. The van der Waals surface area contributed by atoms with Crippen molar-refractivity contribution < 1.29 is 38.6 Å². The van der Waals surface area contributed by atoms with E-state index in [9.17, 15) is 29.1 Å². The van der Waals surface area contributed by atoms with Crippen LogP contribution in [0.4, 0.5) is 4.79 Å². The molecule has 6 N–H and O–H groups in total. The van der Waals surface area contributed by atoms with Gasteiger partial charge in [-0.05, 0) is 55.7 Å². The van der Waals surface area contributed by atoms with E-state index in [0.717, 1.165) is 22.0 Å². The highest BCUT2D eigenvalue weighted by Crippen LogP contribution is 2.19. The van der Waals surface area contributed by atoms with Gasteiger partial charge >= 0.3 is 12.1 Å². The Kier molecular flexibility index (Phi) is 12.4. The van der Waals surface area contributed by atoms with Crippen molar-refractivity contribution in [2.24, 2.45) is 0 Å². The number of carboxylic acids is 1. The summed E-state index contributed by atoms with van der Waals surface area (Å²) in [5.41, 5.74) is 2.48. The molecule has 0 spiro atoms. The van der Waals surface area contributed by atoms with Gasteiger partial charge in [0, 0.05) is 29.9 Å². The molecule has 4 amide bonds. The smallest absolute Gasteiger partial charge is 0.408 e. The third kappa shape index (κ3) is 11.7. The molecule has 0 saturated carbocycles. The first-order valence-corrected chi connectivity index (χ1v) is 15.7. The number of hydrogen-bond donors (Lipinski definition) is 6. The number of hydrogen-bond acceptors (Lipinski definition) is 7. The number of aromatic amines is 1. The summed E-state index contributed by atoms with van der Waals surface area (Å²) >= 11 is 0. The summed E-state index contributed by atoms with van der Waals surface area (Å²) in [4.78, 5) is 65.7. The SMILES string of the molecule is CC(C)(C)OC(=O)NC(Cc1ccc(OCc2ccccc2)cc1)C(=O)NCC(=O)NCC(=O)NC(Cc1c[nH]c2ccccc12)C(=O)O. The molecule has 4 aromatic rings. The van der Waals surface area contributed by atoms with Crippen molar-refractivity contribution in [1.82, 2.24) is 26.3 Å². The molecule has 49 heavy (non-hydrogen) atoms. The van der Waals surface area contributed by atoms with Crippen molar-refractivity contribution in [1.29, 1.82) is 0 Å². The van der Waals surface area contributed by atoms with Gasteiger partial charge in [0.05, 0.1) is 13.1 Å². The zero-order chi connectivity index (χ0) is 35.4. The number of carbonyl (C=O) groups is 5. The average Bonchev–Trinajstić information content (AvgIpc) is 3.47. The number of H-pyrrole nitrogens is 1. The zero-order valence-electron chi connectivity index (χ0n) is 27.6. The molecule has 0 saturated heterocycles. The van der Waals surface area contributed by atoms with Crippen LogP contribution < -0.4 is 26.0 Å². The Morgan fingerprint density at radius 1 is 0.755 bits per heavy atom. The monoisotopic (exact) mass is 671 g/mol. The molecule has 13 heteroatoms. The van der Waals surface area contributed by atoms with Crippen LogP contribution in [0, 0.1) is 0 Å². The van der Waals surface area contributed by atoms with Crippen LogP contribution in [-0.2, 0) is 43.4 Å². The molecule has 0 aliphatic heterocycles. The van der Waals surface area contributed by atoms with Gasteiger partial charge in [0.1, 0.15) is 30.0 Å². The summed E-state index contributed by atoms with van der Waals surface area (Å²) in [6, 6.07) is 21.8. The highest BCUT2D eigenvalue weighted by atomic mass is 16.6. The van der Waals surface area contributed by atoms with E-state index in [2.05, 4.69) is 26.3 Å². The van der Waals surface area contributed by atoms with Crippen LogP contribution in [0.1, 0.15) is 37.5 Å². The first-order chi connectivity index (χ1) is 23.4. The Labute approximate surface area is 283 Å². The molecule has 1 heterocycles. The molecule has 0 aliphatic rings. The summed E-state index contributed by atoms with van der Waals surface area (Å²) in [7, 11) is 0. The van der Waals surface area contributed by atoms with Gasteiger partial charge in [0.15, 0.2) is 0 Å². The maximum atomic E-state index is 13.1. The summed E-state index contributed by atoms with van der Waals surface area (Å²) in [6.07, 6.45) is 1.00. The number of aromatic nitrogens is 1. The lowest BCUT2D eigenvalue weighted by Crippen LogP contribution is -2.52. The van der Waals surface area contributed by atoms with E-state index in [1.165, 1.54) is 0 Å². The maximum Gasteiger partial charge on any atom is 0.408 e. The van der Waals surface area contributed by atoms with E-state index in [1.54, 1.807) is 51.2 Å². The van der Waals surface area contributed by atoms with Gasteiger partial charge in [-0.25, -0.2) is 9.59 Å². The highest BCUT2D eigenvalue weighted by molar-refractivity contribution is 5.92. The average molecular weight is 672 g/mol. The molecule has 13 nitrogen and oxygen atoms in total. The molecule has 2 atom stereocenters. The van der Waals surface area contributed by atoms with Gasteiger partial charge in [-0.1, -0.05) is 60.7 Å². The number of aliphatic carboxylic acids is 1. The number of para-hydroxylation sites is 1. The molecule has 0 aliphatic carbocycles. The van der Waals surface area contributed by atoms with Gasteiger partial charge in [0.25, 0.3) is 0 Å². The Hall–Kier alpha value is -5.85. The largest absolute Gasteiger partial charge is 0.489 e. The molecule has 3 aromatic carbocycles. The molecule has 4 rings (SSSR count). The molecular formula is C36H41N5O8. The second-order valence-corrected chi connectivity index (χ2v) is 12.3. The Morgan fingerprint density at radius 2 is 1.43 bits per heavy atom. The van der Waals surface area contributed by atoms with Gasteiger partial charge in [-0.15, -0.1) is 0 Å². The van der Waals surface area contributed by atoms with Crippen LogP contribution in [0.25, 0.3) is 10.9 Å². The first kappa shape index (κ1) is 36.0. The van der Waals surface area contributed by atoms with Crippen molar-refractivity contribution >= 4 is 40.7 Å². The highest BCUT2D eigenvalue weighted by Gasteiger charge is 2.26. The number of fused-ring (bicyclic) bond motifs is 1. The number of alkyl carbamates (subject to hydrolysis) is 1. The van der Waals surface area contributed by atoms with Crippen LogP contribution >= 0.6 is 0 Å². The normalized spacial score (nSPS) is 12.3. The third-order valence-corrected chi connectivity index (χ3v) is 7.22. The van der Waals surface area contributed by atoms with E-state index in [0.29, 0.717) is 17.9 Å². The van der Waals surface area contributed by atoms with Crippen LogP contribution in [0.15, 0.2) is 85.1 Å². The number of carbonyl (C=O) groups excluding carboxylic acids is 4. The second kappa shape index (κ2) is 16.8. The minimum atomic E-state index is -1.23. The van der Waals surface area contributed by atoms with Crippen LogP contribution in [0.2, 0.25) is 0 Å². The summed E-state index contributed by atoms with van der Waals surface area (Å²) in [6.45, 7) is 4.46. The zero-order valence-corrected chi connectivity index (χ0v) is 27.6. The van der Waals surface area contributed by atoms with Gasteiger partial charge < -0.3 is 40.8 Å². The summed E-state index contributed by atoms with van der Waals surface area (Å²) in [5, 5.41) is 20.3. The number of amides is 4. The summed E-state index contributed by atoms with van der Waals surface area (Å²) in [5.74, 6) is -2.66. The van der Waals surface area contributed by atoms with Crippen molar-refractivity contribution in [3.63, 3.8) is 0 Å². The van der Waals surface area contributed by atoms with Crippen LogP contribution in [0.3, 0.4) is 0 Å². The Morgan fingerprint density at radius 3 is 2.12 bits per heavy atom. The third-order valence-electron chi connectivity index (χ3n) is 7.22. The first-order valence-electron chi connectivity index (χ1n) is 15.7. The molecule has 0 fully saturated rings. The van der Waals surface area contributed by atoms with Crippen LogP contribution in [0.5, 0.6) is 5.75 Å².